The number of carbonyl (C=O) groups is 1. The number of nitrogens with zero attached hydrogens (tertiary/aromatic N) is 2. The molecular formula is C16H18N4O2. The summed E-state index contributed by atoms with van der Waals surface area (Å²) in [4.78, 5) is 20.8. The summed E-state index contributed by atoms with van der Waals surface area (Å²) in [7, 11) is 1.68. The Morgan fingerprint density at radius 1 is 1.36 bits per heavy atom. The van der Waals surface area contributed by atoms with E-state index in [9.17, 15) is 4.79 Å². The minimum atomic E-state index is -0.0457. The van der Waals surface area contributed by atoms with Gasteiger partial charge in [-0.1, -0.05) is 18.2 Å². The van der Waals surface area contributed by atoms with Crippen molar-refractivity contribution in [2.75, 3.05) is 30.9 Å². The average Bonchev–Trinajstić information content (AvgIpc) is 2.67. The van der Waals surface area contributed by atoms with Crippen LogP contribution in [0.5, 0.6) is 0 Å². The Bertz CT molecular complexity index is 688. The average molecular weight is 298 g/mol. The molecule has 0 spiro atoms. The second-order valence-electron chi connectivity index (χ2n) is 5.11. The van der Waals surface area contributed by atoms with E-state index in [0.717, 1.165) is 35.5 Å². The minimum Gasteiger partial charge on any atom is -0.385 e. The van der Waals surface area contributed by atoms with E-state index < -0.39 is 0 Å². The number of benzene rings is 1. The second kappa shape index (κ2) is 6.53. The highest BCUT2D eigenvalue weighted by molar-refractivity contribution is 5.99. The van der Waals surface area contributed by atoms with Gasteiger partial charge in [0, 0.05) is 37.6 Å². The number of aromatic nitrogens is 2. The topological polar surface area (TPSA) is 76.1 Å². The molecule has 6 nitrogen and oxygen atoms in total. The number of rotatable bonds is 5. The Morgan fingerprint density at radius 3 is 3.09 bits per heavy atom. The van der Waals surface area contributed by atoms with Gasteiger partial charge in [0.15, 0.2) is 0 Å². The normalized spacial score (nSPS) is 12.9. The Balaban J connectivity index is 1.91. The second-order valence-corrected chi connectivity index (χ2v) is 5.11. The SMILES string of the molecule is COCCCNc1ncc2c(n1)-c1ccccc1NC(=O)C2. The molecule has 0 saturated heterocycles. The van der Waals surface area contributed by atoms with Crippen molar-refractivity contribution >= 4 is 17.5 Å². The number of methoxy groups -OCH3 is 1. The zero-order valence-corrected chi connectivity index (χ0v) is 12.4. The van der Waals surface area contributed by atoms with Crippen molar-refractivity contribution in [3.63, 3.8) is 0 Å². The van der Waals surface area contributed by atoms with Crippen molar-refractivity contribution in [2.45, 2.75) is 12.8 Å². The van der Waals surface area contributed by atoms with Crippen LogP contribution in [-0.2, 0) is 16.0 Å². The lowest BCUT2D eigenvalue weighted by molar-refractivity contribution is -0.115. The highest BCUT2D eigenvalue weighted by atomic mass is 16.5. The Morgan fingerprint density at radius 2 is 2.23 bits per heavy atom. The van der Waals surface area contributed by atoms with E-state index in [-0.39, 0.29) is 12.3 Å². The molecular weight excluding hydrogens is 280 g/mol. The third kappa shape index (κ3) is 3.07. The van der Waals surface area contributed by atoms with Crippen molar-refractivity contribution in [2.24, 2.45) is 0 Å². The number of hydrogen-bond donors (Lipinski definition) is 2. The molecule has 2 heterocycles. The Hall–Kier alpha value is -2.47. The fourth-order valence-corrected chi connectivity index (χ4v) is 2.44. The third-order valence-corrected chi connectivity index (χ3v) is 3.48. The van der Waals surface area contributed by atoms with Crippen LogP contribution in [0.2, 0.25) is 0 Å². The maximum absolute atomic E-state index is 11.9. The van der Waals surface area contributed by atoms with E-state index in [1.807, 2.05) is 24.3 Å². The highest BCUT2D eigenvalue weighted by Crippen LogP contribution is 2.32. The van der Waals surface area contributed by atoms with Crippen LogP contribution in [0.15, 0.2) is 30.5 Å². The number of carbonyl (C=O) groups excluding carboxylic acids is 1. The molecule has 1 aromatic carbocycles. The van der Waals surface area contributed by atoms with E-state index >= 15 is 0 Å². The van der Waals surface area contributed by atoms with Crippen molar-refractivity contribution in [3.05, 3.63) is 36.0 Å². The van der Waals surface area contributed by atoms with Crippen molar-refractivity contribution in [1.82, 2.24) is 9.97 Å². The molecule has 2 aromatic rings. The molecule has 0 radical (unpaired) electrons. The van der Waals surface area contributed by atoms with E-state index in [1.54, 1.807) is 13.3 Å². The molecule has 3 rings (SSSR count). The predicted molar refractivity (Wildman–Crippen MR) is 84.8 cm³/mol. The summed E-state index contributed by atoms with van der Waals surface area (Å²) >= 11 is 0. The van der Waals surface area contributed by atoms with E-state index in [4.69, 9.17) is 4.74 Å². The third-order valence-electron chi connectivity index (χ3n) is 3.48. The molecule has 0 atom stereocenters. The molecule has 1 aliphatic heterocycles. The lowest BCUT2D eigenvalue weighted by Gasteiger charge is -2.10. The molecule has 0 saturated carbocycles. The summed E-state index contributed by atoms with van der Waals surface area (Å²) < 4.78 is 5.02. The highest BCUT2D eigenvalue weighted by Gasteiger charge is 2.20. The molecule has 6 heteroatoms. The largest absolute Gasteiger partial charge is 0.385 e. The van der Waals surface area contributed by atoms with Gasteiger partial charge in [-0.05, 0) is 12.5 Å². The van der Waals surface area contributed by atoms with Crippen LogP contribution >= 0.6 is 0 Å². The van der Waals surface area contributed by atoms with Crippen LogP contribution in [-0.4, -0.2) is 36.1 Å². The fraction of sp³-hybridized carbons (Fsp3) is 0.312. The fourth-order valence-electron chi connectivity index (χ4n) is 2.44. The summed E-state index contributed by atoms with van der Waals surface area (Å²) in [6.45, 7) is 1.44. The number of hydrogen-bond acceptors (Lipinski definition) is 5. The zero-order valence-electron chi connectivity index (χ0n) is 12.4. The van der Waals surface area contributed by atoms with E-state index in [0.29, 0.717) is 12.6 Å². The maximum Gasteiger partial charge on any atom is 0.228 e. The molecule has 114 valence electrons. The molecule has 0 unspecified atom stereocenters. The zero-order chi connectivity index (χ0) is 15.4. The molecule has 1 amide bonds. The van der Waals surface area contributed by atoms with Crippen molar-refractivity contribution in [1.29, 1.82) is 0 Å². The van der Waals surface area contributed by atoms with Gasteiger partial charge in [0.05, 0.1) is 17.8 Å². The number of amides is 1. The molecule has 2 N–H and O–H groups in total. The van der Waals surface area contributed by atoms with Crippen molar-refractivity contribution in [3.8, 4) is 11.3 Å². The van der Waals surface area contributed by atoms with Gasteiger partial charge in [0.1, 0.15) is 0 Å². The first-order valence-electron chi connectivity index (χ1n) is 7.26. The van der Waals surface area contributed by atoms with Crippen LogP contribution < -0.4 is 10.6 Å². The number of fused-ring (bicyclic) bond motifs is 3. The van der Waals surface area contributed by atoms with E-state index in [1.165, 1.54) is 0 Å². The van der Waals surface area contributed by atoms with Crippen LogP contribution in [0.3, 0.4) is 0 Å². The van der Waals surface area contributed by atoms with Gasteiger partial charge in [0.2, 0.25) is 11.9 Å². The number of anilines is 2. The lowest BCUT2D eigenvalue weighted by atomic mass is 10.1. The van der Waals surface area contributed by atoms with Crippen molar-refractivity contribution < 1.29 is 9.53 Å². The van der Waals surface area contributed by atoms with Gasteiger partial charge in [0.25, 0.3) is 0 Å². The van der Waals surface area contributed by atoms with E-state index in [2.05, 4.69) is 20.6 Å². The van der Waals surface area contributed by atoms with Crippen LogP contribution in [0, 0.1) is 0 Å². The monoisotopic (exact) mass is 298 g/mol. The molecule has 22 heavy (non-hydrogen) atoms. The molecule has 1 aliphatic rings. The first kappa shape index (κ1) is 14.5. The Kier molecular flexibility index (Phi) is 4.29. The summed E-state index contributed by atoms with van der Waals surface area (Å²) in [6.07, 6.45) is 2.89. The van der Waals surface area contributed by atoms with Crippen LogP contribution in [0.1, 0.15) is 12.0 Å². The molecule has 0 bridgehead atoms. The Labute approximate surface area is 128 Å². The number of ether oxygens (including phenoxy) is 1. The minimum absolute atomic E-state index is 0.0457. The van der Waals surface area contributed by atoms with Gasteiger partial charge >= 0.3 is 0 Å². The van der Waals surface area contributed by atoms with Gasteiger partial charge in [-0.15, -0.1) is 0 Å². The summed E-state index contributed by atoms with van der Waals surface area (Å²) in [5.41, 5.74) is 3.35. The summed E-state index contributed by atoms with van der Waals surface area (Å²) in [5.74, 6) is 0.523. The predicted octanol–water partition coefficient (Wildman–Crippen LogP) is 2.09. The standard InChI is InChI=1S/C16H18N4O2/c1-22-8-4-7-17-16-18-10-11-9-14(21)19-13-6-3-2-5-12(13)15(11)20-16/h2-3,5-6,10H,4,7-9H2,1H3,(H,19,21)(H,17,18,20). The van der Waals surface area contributed by atoms with Gasteiger partial charge in [-0.3, -0.25) is 4.79 Å². The van der Waals surface area contributed by atoms with Gasteiger partial charge in [-0.2, -0.15) is 0 Å². The quantitative estimate of drug-likeness (QED) is 0.827. The van der Waals surface area contributed by atoms with Crippen LogP contribution in [0.4, 0.5) is 11.6 Å². The summed E-state index contributed by atoms with van der Waals surface area (Å²) in [5, 5.41) is 6.09. The number of nitrogens with one attached hydrogen (secondary N) is 2. The van der Waals surface area contributed by atoms with Gasteiger partial charge in [-0.25, -0.2) is 9.97 Å². The molecule has 0 fully saturated rings. The smallest absolute Gasteiger partial charge is 0.228 e. The first-order valence-corrected chi connectivity index (χ1v) is 7.26. The maximum atomic E-state index is 11.9. The molecule has 1 aromatic heterocycles. The van der Waals surface area contributed by atoms with Crippen LogP contribution in [0.25, 0.3) is 11.3 Å². The molecule has 0 aliphatic carbocycles. The lowest BCUT2D eigenvalue weighted by Crippen LogP contribution is -2.13. The van der Waals surface area contributed by atoms with Gasteiger partial charge < -0.3 is 15.4 Å². The number of para-hydroxylation sites is 1. The summed E-state index contributed by atoms with van der Waals surface area (Å²) in [6, 6.07) is 7.68. The first-order chi connectivity index (χ1) is 10.8.